The first-order chi connectivity index (χ1) is 11.5. The van der Waals surface area contributed by atoms with Crippen molar-refractivity contribution in [3.05, 3.63) is 29.8 Å². The molecule has 1 amide bonds. The van der Waals surface area contributed by atoms with Crippen LogP contribution in [-0.2, 0) is 6.42 Å². The minimum Gasteiger partial charge on any atom is -0.340 e. The summed E-state index contributed by atoms with van der Waals surface area (Å²) < 4.78 is 6.51. The number of rotatable bonds is 6. The highest BCUT2D eigenvalue weighted by Gasteiger charge is 2.17. The third kappa shape index (κ3) is 3.29. The molecule has 1 N–H and O–H groups in total. The summed E-state index contributed by atoms with van der Waals surface area (Å²) in [6, 6.07) is 1.58. The molecule has 0 aromatic carbocycles. The van der Waals surface area contributed by atoms with Crippen LogP contribution >= 0.6 is 0 Å². The van der Waals surface area contributed by atoms with Gasteiger partial charge < -0.3 is 9.42 Å². The fourth-order valence-electron chi connectivity index (χ4n) is 1.98. The van der Waals surface area contributed by atoms with Crippen molar-refractivity contribution in [2.45, 2.75) is 26.2 Å². The monoisotopic (exact) mass is 331 g/mol. The molecule has 0 aliphatic rings. The molecule has 0 saturated carbocycles. The molecule has 0 spiro atoms. The minimum atomic E-state index is -0.200. The predicted octanol–water partition coefficient (Wildman–Crippen LogP) is 0.206. The van der Waals surface area contributed by atoms with Gasteiger partial charge in [-0.25, -0.2) is 0 Å². The number of aromatic amines is 1. The standard InChI is InChI=1S/C13H17N9O2/c1-8(2)12-15-10(18-24-12)4-5-21(3)13(23)9-6-11(17-16-9)22-7-14-19-20-22/h6-8H,4-5H2,1-3H3,(H,16,17). The van der Waals surface area contributed by atoms with Gasteiger partial charge in [-0.2, -0.15) is 14.8 Å². The number of tetrazole rings is 1. The lowest BCUT2D eigenvalue weighted by Gasteiger charge is -2.14. The second-order valence-corrected chi connectivity index (χ2v) is 5.57. The average Bonchev–Trinajstić information content (AvgIpc) is 3.32. The van der Waals surface area contributed by atoms with Gasteiger partial charge in [-0.3, -0.25) is 9.89 Å². The first-order valence-electron chi connectivity index (χ1n) is 7.41. The predicted molar refractivity (Wildman–Crippen MR) is 80.4 cm³/mol. The van der Waals surface area contributed by atoms with Gasteiger partial charge in [-0.05, 0) is 10.4 Å². The number of carbonyl (C=O) groups excluding carboxylic acids is 1. The zero-order valence-corrected chi connectivity index (χ0v) is 13.5. The summed E-state index contributed by atoms with van der Waals surface area (Å²) in [6.07, 6.45) is 1.91. The van der Waals surface area contributed by atoms with Crippen LogP contribution in [0.1, 0.15) is 42.0 Å². The Kier molecular flexibility index (Phi) is 4.31. The summed E-state index contributed by atoms with van der Waals surface area (Å²) in [5.74, 6) is 1.60. The fraction of sp³-hybridized carbons (Fsp3) is 0.462. The number of nitrogens with zero attached hydrogens (tertiary/aromatic N) is 8. The van der Waals surface area contributed by atoms with Gasteiger partial charge in [-0.15, -0.1) is 5.10 Å². The van der Waals surface area contributed by atoms with Crippen molar-refractivity contribution in [2.24, 2.45) is 0 Å². The van der Waals surface area contributed by atoms with Crippen molar-refractivity contribution < 1.29 is 9.32 Å². The molecule has 3 heterocycles. The van der Waals surface area contributed by atoms with Crippen LogP contribution in [-0.4, -0.2) is 64.9 Å². The smallest absolute Gasteiger partial charge is 0.271 e. The van der Waals surface area contributed by atoms with E-state index in [0.717, 1.165) is 0 Å². The number of carbonyl (C=O) groups is 1. The maximum Gasteiger partial charge on any atom is 0.271 e. The lowest BCUT2D eigenvalue weighted by atomic mass is 10.2. The van der Waals surface area contributed by atoms with Crippen LogP contribution in [0.3, 0.4) is 0 Å². The van der Waals surface area contributed by atoms with Crippen molar-refractivity contribution in [2.75, 3.05) is 13.6 Å². The van der Waals surface area contributed by atoms with E-state index in [0.29, 0.717) is 36.2 Å². The molecule has 3 aromatic heterocycles. The number of hydrogen-bond acceptors (Lipinski definition) is 8. The Morgan fingerprint density at radius 2 is 2.29 bits per heavy atom. The van der Waals surface area contributed by atoms with E-state index in [1.165, 1.54) is 11.0 Å². The summed E-state index contributed by atoms with van der Waals surface area (Å²) >= 11 is 0. The van der Waals surface area contributed by atoms with Gasteiger partial charge in [0.2, 0.25) is 5.89 Å². The molecule has 0 radical (unpaired) electrons. The molecule has 126 valence electrons. The maximum atomic E-state index is 12.4. The molecule has 3 aromatic rings. The van der Waals surface area contributed by atoms with Crippen molar-refractivity contribution >= 4 is 5.91 Å². The molecule has 0 aliphatic carbocycles. The lowest BCUT2D eigenvalue weighted by Crippen LogP contribution is -2.29. The zero-order valence-electron chi connectivity index (χ0n) is 13.5. The molecule has 0 fully saturated rings. The Hall–Kier alpha value is -3.11. The van der Waals surface area contributed by atoms with Crippen LogP contribution in [0.2, 0.25) is 0 Å². The number of amides is 1. The SMILES string of the molecule is CC(C)c1nc(CCN(C)C(=O)c2cc(-n3cnnn3)n[nH]2)no1. The summed E-state index contributed by atoms with van der Waals surface area (Å²) in [7, 11) is 1.70. The van der Waals surface area contributed by atoms with Crippen LogP contribution in [0.25, 0.3) is 5.82 Å². The van der Waals surface area contributed by atoms with Gasteiger partial charge in [0.25, 0.3) is 5.91 Å². The highest BCUT2D eigenvalue weighted by molar-refractivity contribution is 5.92. The molecule has 0 unspecified atom stereocenters. The third-order valence-electron chi connectivity index (χ3n) is 3.37. The van der Waals surface area contributed by atoms with E-state index in [1.807, 2.05) is 13.8 Å². The third-order valence-corrected chi connectivity index (χ3v) is 3.37. The Morgan fingerprint density at radius 1 is 1.46 bits per heavy atom. The number of hydrogen-bond donors (Lipinski definition) is 1. The molecule has 0 aliphatic heterocycles. The van der Waals surface area contributed by atoms with Crippen LogP contribution in [0.4, 0.5) is 0 Å². The second kappa shape index (κ2) is 6.56. The van der Waals surface area contributed by atoms with Crippen molar-refractivity contribution in [1.29, 1.82) is 0 Å². The normalized spacial score (nSPS) is 11.2. The Labute approximate surface area is 137 Å². The average molecular weight is 331 g/mol. The summed E-state index contributed by atoms with van der Waals surface area (Å²) in [4.78, 5) is 18.2. The van der Waals surface area contributed by atoms with Gasteiger partial charge in [-0.1, -0.05) is 19.0 Å². The van der Waals surface area contributed by atoms with E-state index in [-0.39, 0.29) is 11.8 Å². The number of nitrogens with one attached hydrogen (secondary N) is 1. The molecule has 0 bridgehead atoms. The number of likely N-dealkylation sites (N-methyl/N-ethyl adjacent to an activating group) is 1. The van der Waals surface area contributed by atoms with E-state index in [9.17, 15) is 4.79 Å². The van der Waals surface area contributed by atoms with E-state index in [1.54, 1.807) is 18.0 Å². The second-order valence-electron chi connectivity index (χ2n) is 5.57. The molecular formula is C13H17N9O2. The largest absolute Gasteiger partial charge is 0.340 e. The first-order valence-corrected chi connectivity index (χ1v) is 7.41. The quantitative estimate of drug-likeness (QED) is 0.678. The van der Waals surface area contributed by atoms with E-state index in [2.05, 4.69) is 35.9 Å². The van der Waals surface area contributed by atoms with Gasteiger partial charge in [0.05, 0.1) is 0 Å². The van der Waals surface area contributed by atoms with Crippen LogP contribution in [0.5, 0.6) is 0 Å². The molecular weight excluding hydrogens is 314 g/mol. The number of aromatic nitrogens is 8. The van der Waals surface area contributed by atoms with Gasteiger partial charge in [0.15, 0.2) is 11.6 Å². The van der Waals surface area contributed by atoms with Crippen molar-refractivity contribution in [1.82, 2.24) is 45.4 Å². The molecule has 0 saturated heterocycles. The Bertz CT molecular complexity index is 805. The summed E-state index contributed by atoms with van der Waals surface area (Å²) in [5.41, 5.74) is 0.346. The van der Waals surface area contributed by atoms with Gasteiger partial charge >= 0.3 is 0 Å². The summed E-state index contributed by atoms with van der Waals surface area (Å²) in [6.45, 7) is 4.41. The van der Waals surface area contributed by atoms with Crippen LogP contribution in [0.15, 0.2) is 16.9 Å². The van der Waals surface area contributed by atoms with Crippen LogP contribution < -0.4 is 0 Å². The van der Waals surface area contributed by atoms with Crippen LogP contribution in [0, 0.1) is 0 Å². The van der Waals surface area contributed by atoms with Crippen molar-refractivity contribution in [3.63, 3.8) is 0 Å². The topological polar surface area (TPSA) is 132 Å². The lowest BCUT2D eigenvalue weighted by molar-refractivity contribution is 0.0790. The van der Waals surface area contributed by atoms with Gasteiger partial charge in [0, 0.05) is 32.0 Å². The Morgan fingerprint density at radius 3 is 2.96 bits per heavy atom. The van der Waals surface area contributed by atoms with E-state index < -0.39 is 0 Å². The minimum absolute atomic E-state index is 0.181. The highest BCUT2D eigenvalue weighted by Crippen LogP contribution is 2.11. The molecule has 3 rings (SSSR count). The molecule has 0 atom stereocenters. The fourth-order valence-corrected chi connectivity index (χ4v) is 1.98. The molecule has 11 heteroatoms. The number of H-pyrrole nitrogens is 1. The van der Waals surface area contributed by atoms with E-state index >= 15 is 0 Å². The van der Waals surface area contributed by atoms with Crippen molar-refractivity contribution in [3.8, 4) is 5.82 Å². The highest BCUT2D eigenvalue weighted by atomic mass is 16.5. The molecule has 11 nitrogen and oxygen atoms in total. The first kappa shape index (κ1) is 15.8. The zero-order chi connectivity index (χ0) is 17.1. The maximum absolute atomic E-state index is 12.4. The van der Waals surface area contributed by atoms with Gasteiger partial charge in [0.1, 0.15) is 12.0 Å². The molecule has 24 heavy (non-hydrogen) atoms. The summed E-state index contributed by atoms with van der Waals surface area (Å²) in [5, 5.41) is 21.4. The van der Waals surface area contributed by atoms with E-state index in [4.69, 9.17) is 4.52 Å². The Balaban J connectivity index is 1.60.